The van der Waals surface area contributed by atoms with E-state index >= 15 is 0 Å². The van der Waals surface area contributed by atoms with Crippen molar-refractivity contribution < 1.29 is 13.2 Å². The maximum absolute atomic E-state index is 11.3. The van der Waals surface area contributed by atoms with Gasteiger partial charge in [0, 0.05) is 13.3 Å². The lowest BCUT2D eigenvalue weighted by molar-refractivity contribution is 0.217. The van der Waals surface area contributed by atoms with Crippen LogP contribution in [0.2, 0.25) is 0 Å². The van der Waals surface area contributed by atoms with Crippen LogP contribution in [0, 0.1) is 0 Å². The average Bonchev–Trinajstić information content (AvgIpc) is 2.16. The van der Waals surface area contributed by atoms with Crippen LogP contribution >= 0.6 is 0 Å². The number of rotatable bonds is 5. The molecule has 0 atom stereocenters. The minimum absolute atomic E-state index is 0.0571. The van der Waals surface area contributed by atoms with Gasteiger partial charge in [0.25, 0.3) is 0 Å². The molecule has 1 aromatic rings. The molecule has 0 fully saturated rings. The molecule has 0 aliphatic rings. The summed E-state index contributed by atoms with van der Waals surface area (Å²) < 4.78 is 29.7. The van der Waals surface area contributed by atoms with Gasteiger partial charge >= 0.3 is 0 Å². The van der Waals surface area contributed by atoms with E-state index in [-0.39, 0.29) is 12.4 Å². The molecular weight excluding hydrogens is 204 g/mol. The third-order valence-corrected chi connectivity index (χ3v) is 2.74. The Morgan fingerprint density at radius 3 is 2.93 bits per heavy atom. The van der Waals surface area contributed by atoms with Gasteiger partial charge in [0.15, 0.2) is 0 Å². The predicted molar refractivity (Wildman–Crippen MR) is 53.5 cm³/mol. The van der Waals surface area contributed by atoms with E-state index in [2.05, 4.69) is 14.4 Å². The minimum Gasteiger partial charge on any atom is -0.384 e. The Balaban J connectivity index is 2.60. The monoisotopic (exact) mass is 216 g/mol. The maximum atomic E-state index is 11.3. The van der Waals surface area contributed by atoms with Crippen molar-refractivity contribution in [3.8, 4) is 0 Å². The molecule has 0 radical (unpaired) electrons. The molecule has 0 aromatic carbocycles. The van der Waals surface area contributed by atoms with Gasteiger partial charge in [0.2, 0.25) is 10.0 Å². The quantitative estimate of drug-likeness (QED) is 0.776. The lowest BCUT2D eigenvalue weighted by Gasteiger charge is -2.06. The van der Waals surface area contributed by atoms with Crippen LogP contribution in [0.1, 0.15) is 0 Å². The second kappa shape index (κ2) is 4.92. The number of hydrogen-bond donors (Lipinski definition) is 1. The van der Waals surface area contributed by atoms with Gasteiger partial charge < -0.3 is 4.74 Å². The lowest BCUT2D eigenvalue weighted by atomic mass is 10.4. The minimum atomic E-state index is -3.31. The zero-order valence-corrected chi connectivity index (χ0v) is 8.62. The van der Waals surface area contributed by atoms with E-state index in [9.17, 15) is 8.42 Å². The molecule has 0 amide bonds. The summed E-state index contributed by atoms with van der Waals surface area (Å²) in [7, 11) is -1.85. The highest BCUT2D eigenvalue weighted by Crippen LogP contribution is 2.05. The molecule has 1 aromatic heterocycles. The average molecular weight is 216 g/mol. The largest absolute Gasteiger partial charge is 0.384 e. The second-order valence-corrected chi connectivity index (χ2v) is 4.50. The third-order valence-electron chi connectivity index (χ3n) is 1.49. The fraction of sp³-hybridized carbons (Fsp3) is 0.375. The summed E-state index contributed by atoms with van der Waals surface area (Å²) in [4.78, 5) is 3.79. The van der Waals surface area contributed by atoms with Gasteiger partial charge in [-0.15, -0.1) is 0 Å². The van der Waals surface area contributed by atoms with E-state index in [1.165, 1.54) is 13.3 Å². The topological polar surface area (TPSA) is 68.3 Å². The SMILES string of the molecule is COCCS(=O)(=O)Nc1cccnc1. The molecule has 6 heteroatoms. The van der Waals surface area contributed by atoms with E-state index < -0.39 is 10.0 Å². The molecule has 78 valence electrons. The van der Waals surface area contributed by atoms with Gasteiger partial charge in [0.1, 0.15) is 0 Å². The maximum Gasteiger partial charge on any atom is 0.235 e. The van der Waals surface area contributed by atoms with Crippen molar-refractivity contribution >= 4 is 15.7 Å². The molecular formula is C8H12N2O3S. The van der Waals surface area contributed by atoms with E-state index in [4.69, 9.17) is 0 Å². The van der Waals surface area contributed by atoms with E-state index in [0.29, 0.717) is 5.69 Å². The van der Waals surface area contributed by atoms with Gasteiger partial charge in [0.05, 0.1) is 24.2 Å². The first-order valence-electron chi connectivity index (χ1n) is 4.03. The Labute approximate surface area is 83.2 Å². The smallest absolute Gasteiger partial charge is 0.235 e. The molecule has 1 rings (SSSR count). The highest BCUT2D eigenvalue weighted by Gasteiger charge is 2.09. The number of methoxy groups -OCH3 is 1. The summed E-state index contributed by atoms with van der Waals surface area (Å²) in [5.41, 5.74) is 0.462. The van der Waals surface area contributed by atoms with Crippen LogP contribution in [0.25, 0.3) is 0 Å². The van der Waals surface area contributed by atoms with E-state index in [1.807, 2.05) is 0 Å². The van der Waals surface area contributed by atoms with Crippen molar-refractivity contribution in [1.29, 1.82) is 0 Å². The molecule has 0 spiro atoms. The van der Waals surface area contributed by atoms with Gasteiger partial charge in [-0.2, -0.15) is 0 Å². The van der Waals surface area contributed by atoms with Crippen molar-refractivity contribution in [3.63, 3.8) is 0 Å². The molecule has 0 aliphatic carbocycles. The first-order chi connectivity index (χ1) is 6.64. The molecule has 1 N–H and O–H groups in total. The van der Waals surface area contributed by atoms with Crippen LogP contribution in [-0.2, 0) is 14.8 Å². The molecule has 0 saturated heterocycles. The predicted octanol–water partition coefficient (Wildman–Crippen LogP) is 0.470. The standard InChI is InChI=1S/C8H12N2O3S/c1-13-5-6-14(11,12)10-8-3-2-4-9-7-8/h2-4,7,10H,5-6H2,1H3. The molecule has 0 unspecified atom stereocenters. The fourth-order valence-electron chi connectivity index (χ4n) is 0.847. The first-order valence-corrected chi connectivity index (χ1v) is 5.69. The molecule has 14 heavy (non-hydrogen) atoms. The molecule has 0 saturated carbocycles. The summed E-state index contributed by atoms with van der Waals surface area (Å²) in [5, 5.41) is 0. The zero-order valence-electron chi connectivity index (χ0n) is 7.80. The van der Waals surface area contributed by atoms with Crippen LogP contribution < -0.4 is 4.72 Å². The number of pyridine rings is 1. The van der Waals surface area contributed by atoms with Crippen LogP contribution in [0.4, 0.5) is 5.69 Å². The number of aromatic nitrogens is 1. The second-order valence-electron chi connectivity index (χ2n) is 2.66. The Kier molecular flexibility index (Phi) is 3.84. The summed E-state index contributed by atoms with van der Waals surface area (Å²) >= 11 is 0. The van der Waals surface area contributed by atoms with Crippen LogP contribution in [0.3, 0.4) is 0 Å². The Morgan fingerprint density at radius 2 is 2.36 bits per heavy atom. The number of nitrogens with zero attached hydrogens (tertiary/aromatic N) is 1. The zero-order chi connectivity index (χ0) is 10.4. The van der Waals surface area contributed by atoms with Crippen LogP contribution in [-0.4, -0.2) is 32.9 Å². The van der Waals surface area contributed by atoms with Crippen molar-refractivity contribution in [2.75, 3.05) is 24.2 Å². The van der Waals surface area contributed by atoms with Crippen molar-refractivity contribution in [1.82, 2.24) is 4.98 Å². The van der Waals surface area contributed by atoms with E-state index in [0.717, 1.165) is 0 Å². The fourth-order valence-corrected chi connectivity index (χ4v) is 1.81. The van der Waals surface area contributed by atoms with Crippen molar-refractivity contribution in [2.24, 2.45) is 0 Å². The summed E-state index contributed by atoms with van der Waals surface area (Å²) in [6.45, 7) is 0.176. The number of ether oxygens (including phenoxy) is 1. The molecule has 1 heterocycles. The summed E-state index contributed by atoms with van der Waals surface area (Å²) in [5.74, 6) is -0.0571. The summed E-state index contributed by atoms with van der Waals surface area (Å²) in [6, 6.07) is 3.30. The lowest BCUT2D eigenvalue weighted by Crippen LogP contribution is -2.19. The number of nitrogens with one attached hydrogen (secondary N) is 1. The van der Waals surface area contributed by atoms with Gasteiger partial charge in [-0.25, -0.2) is 8.42 Å². The molecule has 0 bridgehead atoms. The highest BCUT2D eigenvalue weighted by atomic mass is 32.2. The highest BCUT2D eigenvalue weighted by molar-refractivity contribution is 7.92. The summed E-state index contributed by atoms with van der Waals surface area (Å²) in [6.07, 6.45) is 3.03. The first kappa shape index (κ1) is 10.9. The van der Waals surface area contributed by atoms with E-state index in [1.54, 1.807) is 18.3 Å². The van der Waals surface area contributed by atoms with Crippen molar-refractivity contribution in [2.45, 2.75) is 0 Å². The van der Waals surface area contributed by atoms with Gasteiger partial charge in [-0.1, -0.05) is 0 Å². The molecule has 0 aliphatic heterocycles. The van der Waals surface area contributed by atoms with Crippen LogP contribution in [0.15, 0.2) is 24.5 Å². The molecule has 5 nitrogen and oxygen atoms in total. The number of anilines is 1. The normalized spacial score (nSPS) is 11.2. The Bertz CT molecular complexity index is 363. The Morgan fingerprint density at radius 1 is 1.57 bits per heavy atom. The Hall–Kier alpha value is -1.14. The number of sulfonamides is 1. The van der Waals surface area contributed by atoms with Crippen molar-refractivity contribution in [3.05, 3.63) is 24.5 Å². The van der Waals surface area contributed by atoms with Gasteiger partial charge in [-0.05, 0) is 12.1 Å². The third kappa shape index (κ3) is 3.71. The number of hydrogen-bond acceptors (Lipinski definition) is 4. The van der Waals surface area contributed by atoms with Gasteiger partial charge in [-0.3, -0.25) is 9.71 Å². The van der Waals surface area contributed by atoms with Crippen LogP contribution in [0.5, 0.6) is 0 Å².